The average molecular weight is 423 g/mol. The summed E-state index contributed by atoms with van der Waals surface area (Å²) in [5, 5.41) is 13.2. The predicted molar refractivity (Wildman–Crippen MR) is 113 cm³/mol. The lowest BCUT2D eigenvalue weighted by Gasteiger charge is -2.17. The van der Waals surface area contributed by atoms with Crippen molar-refractivity contribution < 1.29 is 29.0 Å². The molecule has 0 fully saturated rings. The highest BCUT2D eigenvalue weighted by molar-refractivity contribution is 5.93. The fourth-order valence-electron chi connectivity index (χ4n) is 2.92. The summed E-state index contributed by atoms with van der Waals surface area (Å²) in [4.78, 5) is 42.7. The van der Waals surface area contributed by atoms with Gasteiger partial charge in [-0.05, 0) is 22.9 Å². The first-order valence-electron chi connectivity index (χ1n) is 9.42. The number of ketones is 1. The number of ether oxygens (including phenoxy) is 2. The third kappa shape index (κ3) is 5.69. The van der Waals surface area contributed by atoms with Gasteiger partial charge in [0.05, 0.1) is 12.0 Å². The molecule has 160 valence electrons. The Labute approximate surface area is 177 Å². The number of carbonyl (C=O) groups is 3. The molecule has 0 aliphatic carbocycles. The van der Waals surface area contributed by atoms with Crippen molar-refractivity contribution in [1.29, 1.82) is 0 Å². The number of aromatic amines is 1. The molecule has 0 aliphatic rings. The van der Waals surface area contributed by atoms with Gasteiger partial charge in [0, 0.05) is 12.4 Å². The second-order valence-corrected chi connectivity index (χ2v) is 6.57. The summed E-state index contributed by atoms with van der Waals surface area (Å²) in [5.74, 6) is -0.910. The van der Waals surface area contributed by atoms with Crippen LogP contribution in [0.4, 0.5) is 4.79 Å². The van der Waals surface area contributed by atoms with Crippen molar-refractivity contribution in [2.24, 2.45) is 0 Å². The third-order valence-corrected chi connectivity index (χ3v) is 4.36. The number of nitrogens with one attached hydrogen (secondary N) is 2. The van der Waals surface area contributed by atoms with Crippen molar-refractivity contribution in [3.63, 3.8) is 0 Å². The molecule has 0 bridgehead atoms. The molecule has 9 heteroatoms. The molecule has 1 aromatic heterocycles. The largest absolute Gasteiger partial charge is 0.485 e. The molecule has 3 N–H and O–H groups in total. The number of aliphatic carboxylic acids is 1. The SMILES string of the molecule is C=CCOC(=O)NC(CC(=O)O)C(=O)COc1cc2ccccc2cc1-c1ncc[nH]1. The van der Waals surface area contributed by atoms with Gasteiger partial charge >= 0.3 is 12.1 Å². The van der Waals surface area contributed by atoms with Gasteiger partial charge in [-0.3, -0.25) is 9.59 Å². The molecular formula is C22H21N3O6. The zero-order valence-electron chi connectivity index (χ0n) is 16.5. The summed E-state index contributed by atoms with van der Waals surface area (Å²) in [6, 6.07) is 9.99. The summed E-state index contributed by atoms with van der Waals surface area (Å²) in [7, 11) is 0. The minimum atomic E-state index is -1.30. The number of carboxylic acids is 1. The van der Waals surface area contributed by atoms with Crippen LogP contribution in [0.1, 0.15) is 6.42 Å². The van der Waals surface area contributed by atoms with Crippen LogP contribution in [0.15, 0.2) is 61.4 Å². The van der Waals surface area contributed by atoms with E-state index in [2.05, 4.69) is 21.9 Å². The fraction of sp³-hybridized carbons (Fsp3) is 0.182. The molecule has 0 radical (unpaired) electrons. The highest BCUT2D eigenvalue weighted by atomic mass is 16.5. The second kappa shape index (κ2) is 10.1. The van der Waals surface area contributed by atoms with Crippen LogP contribution < -0.4 is 10.1 Å². The highest BCUT2D eigenvalue weighted by Crippen LogP contribution is 2.32. The molecule has 1 amide bonds. The van der Waals surface area contributed by atoms with Crippen molar-refractivity contribution in [2.45, 2.75) is 12.5 Å². The van der Waals surface area contributed by atoms with Crippen LogP contribution in [0, 0.1) is 0 Å². The number of benzene rings is 2. The molecule has 0 spiro atoms. The summed E-state index contributed by atoms with van der Waals surface area (Å²) in [6.07, 6.45) is 3.10. The van der Waals surface area contributed by atoms with E-state index < -0.39 is 36.9 Å². The first-order valence-corrected chi connectivity index (χ1v) is 9.42. The molecule has 9 nitrogen and oxygen atoms in total. The summed E-state index contributed by atoms with van der Waals surface area (Å²) < 4.78 is 10.5. The number of hydrogen-bond acceptors (Lipinski definition) is 6. The number of carboxylic acid groups (broad SMARTS) is 1. The Morgan fingerprint density at radius 3 is 2.61 bits per heavy atom. The number of alkyl carbamates (subject to hydrolysis) is 1. The zero-order chi connectivity index (χ0) is 22.2. The van der Waals surface area contributed by atoms with Gasteiger partial charge in [-0.15, -0.1) is 0 Å². The molecule has 3 aromatic rings. The van der Waals surface area contributed by atoms with Gasteiger partial charge in [0.2, 0.25) is 0 Å². The molecule has 31 heavy (non-hydrogen) atoms. The number of rotatable bonds is 10. The van der Waals surface area contributed by atoms with Gasteiger partial charge in [-0.25, -0.2) is 9.78 Å². The van der Waals surface area contributed by atoms with Crippen LogP contribution in [-0.2, 0) is 14.3 Å². The Bertz CT molecular complexity index is 1090. The van der Waals surface area contributed by atoms with Crippen LogP contribution in [0.5, 0.6) is 5.75 Å². The maximum Gasteiger partial charge on any atom is 0.408 e. The van der Waals surface area contributed by atoms with Gasteiger partial charge in [-0.2, -0.15) is 0 Å². The number of imidazole rings is 1. The number of hydrogen-bond donors (Lipinski definition) is 3. The van der Waals surface area contributed by atoms with Gasteiger partial charge < -0.3 is 24.9 Å². The maximum atomic E-state index is 12.6. The monoisotopic (exact) mass is 423 g/mol. The number of fused-ring (bicyclic) bond motifs is 1. The van der Waals surface area contributed by atoms with Crippen molar-refractivity contribution in [3.05, 3.63) is 61.4 Å². The van der Waals surface area contributed by atoms with Crippen molar-refractivity contribution in [1.82, 2.24) is 15.3 Å². The van der Waals surface area contributed by atoms with E-state index >= 15 is 0 Å². The molecule has 1 heterocycles. The number of amides is 1. The fourth-order valence-corrected chi connectivity index (χ4v) is 2.92. The van der Waals surface area contributed by atoms with Crippen LogP contribution >= 0.6 is 0 Å². The quantitative estimate of drug-likeness (QED) is 0.427. The summed E-state index contributed by atoms with van der Waals surface area (Å²) in [6.45, 7) is 2.89. The Morgan fingerprint density at radius 1 is 1.23 bits per heavy atom. The van der Waals surface area contributed by atoms with Gasteiger partial charge in [-0.1, -0.05) is 36.9 Å². The topological polar surface area (TPSA) is 131 Å². The average Bonchev–Trinajstić information content (AvgIpc) is 3.29. The Balaban J connectivity index is 1.79. The number of H-pyrrole nitrogens is 1. The third-order valence-electron chi connectivity index (χ3n) is 4.36. The maximum absolute atomic E-state index is 12.6. The molecule has 1 unspecified atom stereocenters. The first kappa shape index (κ1) is 21.6. The number of aromatic nitrogens is 2. The normalized spacial score (nSPS) is 11.5. The van der Waals surface area contributed by atoms with E-state index in [9.17, 15) is 14.4 Å². The molecule has 2 aromatic carbocycles. The van der Waals surface area contributed by atoms with E-state index in [-0.39, 0.29) is 6.61 Å². The molecule has 3 rings (SSSR count). The molecule has 0 saturated carbocycles. The lowest BCUT2D eigenvalue weighted by Crippen LogP contribution is -2.44. The smallest absolute Gasteiger partial charge is 0.408 e. The Kier molecular flexibility index (Phi) is 7.00. The van der Waals surface area contributed by atoms with Crippen LogP contribution in [0.3, 0.4) is 0 Å². The van der Waals surface area contributed by atoms with E-state index in [0.29, 0.717) is 17.1 Å². The standard InChI is InChI=1S/C22H21N3O6/c1-2-9-30-22(29)25-17(12-20(27)28)18(26)13-31-19-11-15-6-4-3-5-14(15)10-16(19)21-23-7-8-24-21/h2-8,10-11,17H,1,9,12-13H2,(H,23,24)(H,25,29)(H,27,28). The molecule has 1 atom stereocenters. The van der Waals surface area contributed by atoms with Crippen LogP contribution in [0.25, 0.3) is 22.2 Å². The molecule has 0 saturated heterocycles. The van der Waals surface area contributed by atoms with E-state index in [1.54, 1.807) is 18.5 Å². The lowest BCUT2D eigenvalue weighted by atomic mass is 10.1. The van der Waals surface area contributed by atoms with Gasteiger partial charge in [0.1, 0.15) is 30.8 Å². The highest BCUT2D eigenvalue weighted by Gasteiger charge is 2.25. The van der Waals surface area contributed by atoms with E-state index in [1.807, 2.05) is 30.3 Å². The van der Waals surface area contributed by atoms with Crippen molar-refractivity contribution in [3.8, 4) is 17.1 Å². The first-order chi connectivity index (χ1) is 15.0. The lowest BCUT2D eigenvalue weighted by molar-refractivity contribution is -0.139. The van der Waals surface area contributed by atoms with Gasteiger partial charge in [0.25, 0.3) is 0 Å². The predicted octanol–water partition coefficient (Wildman–Crippen LogP) is 2.93. The van der Waals surface area contributed by atoms with Gasteiger partial charge in [0.15, 0.2) is 5.78 Å². The Hall–Kier alpha value is -4.14. The van der Waals surface area contributed by atoms with Crippen molar-refractivity contribution in [2.75, 3.05) is 13.2 Å². The van der Waals surface area contributed by atoms with E-state index in [4.69, 9.17) is 14.6 Å². The second-order valence-electron chi connectivity index (χ2n) is 6.57. The number of carbonyl (C=O) groups excluding carboxylic acids is 2. The summed E-state index contributed by atoms with van der Waals surface area (Å²) in [5.41, 5.74) is 0.643. The number of nitrogens with zero attached hydrogens (tertiary/aromatic N) is 1. The zero-order valence-corrected chi connectivity index (χ0v) is 16.5. The Morgan fingerprint density at radius 2 is 1.97 bits per heavy atom. The van der Waals surface area contributed by atoms with Crippen LogP contribution in [-0.4, -0.2) is 52.2 Å². The van der Waals surface area contributed by atoms with E-state index in [0.717, 1.165) is 10.8 Å². The van der Waals surface area contributed by atoms with E-state index in [1.165, 1.54) is 6.08 Å². The minimum absolute atomic E-state index is 0.0695. The van der Waals surface area contributed by atoms with Crippen molar-refractivity contribution >= 4 is 28.6 Å². The molecule has 0 aliphatic heterocycles. The molecular weight excluding hydrogens is 402 g/mol. The number of Topliss-reactive ketones (excluding diaryl/α,β-unsaturated/α-hetero) is 1. The minimum Gasteiger partial charge on any atom is -0.485 e. The summed E-state index contributed by atoms with van der Waals surface area (Å²) >= 11 is 0. The van der Waals surface area contributed by atoms with Crippen LogP contribution in [0.2, 0.25) is 0 Å².